The first-order valence-corrected chi connectivity index (χ1v) is 8.04. The molecule has 1 saturated carbocycles. The molecule has 0 aromatic rings. The smallest absolute Gasteiger partial charge is 0.315 e. The van der Waals surface area contributed by atoms with Crippen LogP contribution >= 0.6 is 0 Å². The average Bonchev–Trinajstić information content (AvgIpc) is 2.71. The van der Waals surface area contributed by atoms with Crippen molar-refractivity contribution in [2.75, 3.05) is 13.2 Å². The van der Waals surface area contributed by atoms with Crippen LogP contribution in [-0.2, 0) is 4.74 Å². The summed E-state index contributed by atoms with van der Waals surface area (Å²) in [5.74, 6) is 1.11. The van der Waals surface area contributed by atoms with Gasteiger partial charge < -0.3 is 15.4 Å². The maximum atomic E-state index is 11.9. The third kappa shape index (κ3) is 3.87. The highest BCUT2D eigenvalue weighted by Gasteiger charge is 2.37. The molecule has 2 rings (SSSR count). The van der Waals surface area contributed by atoms with Gasteiger partial charge in [-0.25, -0.2) is 4.79 Å². The molecule has 0 radical (unpaired) electrons. The van der Waals surface area contributed by atoms with Crippen LogP contribution in [0.5, 0.6) is 0 Å². The maximum Gasteiger partial charge on any atom is 0.315 e. The van der Waals surface area contributed by atoms with Gasteiger partial charge in [0.25, 0.3) is 0 Å². The van der Waals surface area contributed by atoms with E-state index >= 15 is 0 Å². The fraction of sp³-hybridized carbons (Fsp3) is 0.938. The molecule has 2 aliphatic rings. The van der Waals surface area contributed by atoms with E-state index in [0.717, 1.165) is 13.0 Å². The highest BCUT2D eigenvalue weighted by Crippen LogP contribution is 2.34. The monoisotopic (exact) mass is 282 g/mol. The van der Waals surface area contributed by atoms with E-state index in [-0.39, 0.29) is 17.6 Å². The molecule has 0 unspecified atom stereocenters. The van der Waals surface area contributed by atoms with E-state index in [0.29, 0.717) is 24.4 Å². The first-order valence-electron chi connectivity index (χ1n) is 8.04. The van der Waals surface area contributed by atoms with Crippen LogP contribution < -0.4 is 10.6 Å². The van der Waals surface area contributed by atoms with Crippen molar-refractivity contribution in [2.24, 2.45) is 17.3 Å². The number of carbonyl (C=O) groups is 1. The molecular weight excluding hydrogens is 252 g/mol. The van der Waals surface area contributed by atoms with E-state index in [2.05, 4.69) is 38.3 Å². The fourth-order valence-corrected chi connectivity index (χ4v) is 3.34. The first-order chi connectivity index (χ1) is 9.38. The van der Waals surface area contributed by atoms with Crippen LogP contribution in [0.3, 0.4) is 0 Å². The Labute approximate surface area is 123 Å². The summed E-state index contributed by atoms with van der Waals surface area (Å²) < 4.78 is 5.84. The van der Waals surface area contributed by atoms with Gasteiger partial charge in [0.15, 0.2) is 0 Å². The molecule has 4 nitrogen and oxygen atoms in total. The van der Waals surface area contributed by atoms with Crippen LogP contribution in [0.25, 0.3) is 0 Å². The molecule has 0 aromatic heterocycles. The molecule has 1 aliphatic carbocycles. The second kappa shape index (κ2) is 6.33. The van der Waals surface area contributed by atoms with Crippen molar-refractivity contribution < 1.29 is 9.53 Å². The van der Waals surface area contributed by atoms with Crippen molar-refractivity contribution in [1.29, 1.82) is 0 Å². The Kier molecular flexibility index (Phi) is 4.95. The van der Waals surface area contributed by atoms with Crippen LogP contribution in [0.1, 0.15) is 53.4 Å². The molecule has 20 heavy (non-hydrogen) atoms. The quantitative estimate of drug-likeness (QED) is 0.833. The lowest BCUT2D eigenvalue weighted by atomic mass is 9.80. The van der Waals surface area contributed by atoms with E-state index in [9.17, 15) is 4.79 Å². The maximum absolute atomic E-state index is 11.9. The van der Waals surface area contributed by atoms with E-state index in [1.54, 1.807) is 0 Å². The summed E-state index contributed by atoms with van der Waals surface area (Å²) in [6.45, 7) is 10.2. The molecule has 116 valence electrons. The summed E-state index contributed by atoms with van der Waals surface area (Å²) in [5.41, 5.74) is 0.137. The van der Waals surface area contributed by atoms with E-state index < -0.39 is 0 Å². The molecule has 2 fully saturated rings. The van der Waals surface area contributed by atoms with Crippen LogP contribution in [0, 0.1) is 17.3 Å². The van der Waals surface area contributed by atoms with Crippen molar-refractivity contribution in [3.63, 3.8) is 0 Å². The van der Waals surface area contributed by atoms with Crippen molar-refractivity contribution in [3.05, 3.63) is 0 Å². The Morgan fingerprint density at radius 3 is 2.55 bits per heavy atom. The minimum absolute atomic E-state index is 0.0241. The Morgan fingerprint density at radius 1 is 1.30 bits per heavy atom. The van der Waals surface area contributed by atoms with Gasteiger partial charge in [0, 0.05) is 25.1 Å². The molecule has 4 heteroatoms. The molecule has 2 amide bonds. The first kappa shape index (κ1) is 15.6. The van der Waals surface area contributed by atoms with Gasteiger partial charge in [0.1, 0.15) is 0 Å². The summed E-state index contributed by atoms with van der Waals surface area (Å²) >= 11 is 0. The second-order valence-corrected chi connectivity index (χ2v) is 7.54. The van der Waals surface area contributed by atoms with Gasteiger partial charge in [0.05, 0.1) is 6.10 Å². The number of rotatable bonds is 4. The standard InChI is InChI=1S/C16H30N2O2/c1-11(12-6-5-7-12)18-15(19)17-10-13-8-9-20-14(13)16(2,3)4/h11-14H,5-10H2,1-4H3,(H2,17,18,19)/t11-,13-,14+/m1/s1. The highest BCUT2D eigenvalue weighted by molar-refractivity contribution is 5.74. The number of amides is 2. The summed E-state index contributed by atoms with van der Waals surface area (Å²) in [6.07, 6.45) is 5.10. The van der Waals surface area contributed by atoms with E-state index in [1.807, 2.05) is 0 Å². The number of urea groups is 1. The molecule has 3 atom stereocenters. The van der Waals surface area contributed by atoms with Crippen LogP contribution in [-0.4, -0.2) is 31.3 Å². The molecule has 1 heterocycles. The Hall–Kier alpha value is -0.770. The average molecular weight is 282 g/mol. The van der Waals surface area contributed by atoms with Gasteiger partial charge in [-0.05, 0) is 37.5 Å². The van der Waals surface area contributed by atoms with Gasteiger partial charge in [-0.1, -0.05) is 27.2 Å². The lowest BCUT2D eigenvalue weighted by Gasteiger charge is -2.33. The summed E-state index contributed by atoms with van der Waals surface area (Å²) in [7, 11) is 0. The number of ether oxygens (including phenoxy) is 1. The number of hydrogen-bond donors (Lipinski definition) is 2. The zero-order valence-electron chi connectivity index (χ0n) is 13.4. The predicted octanol–water partition coefficient (Wildman–Crippen LogP) is 2.93. The lowest BCUT2D eigenvalue weighted by molar-refractivity contribution is 0.00772. The largest absolute Gasteiger partial charge is 0.377 e. The highest BCUT2D eigenvalue weighted by atomic mass is 16.5. The topological polar surface area (TPSA) is 50.4 Å². The number of hydrogen-bond acceptors (Lipinski definition) is 2. The van der Waals surface area contributed by atoms with Crippen molar-refractivity contribution in [1.82, 2.24) is 10.6 Å². The lowest BCUT2D eigenvalue weighted by Crippen LogP contribution is -2.47. The van der Waals surface area contributed by atoms with Gasteiger partial charge in [0.2, 0.25) is 0 Å². The molecule has 0 aromatic carbocycles. The third-order valence-electron chi connectivity index (χ3n) is 4.81. The third-order valence-corrected chi connectivity index (χ3v) is 4.81. The predicted molar refractivity (Wildman–Crippen MR) is 80.6 cm³/mol. The summed E-state index contributed by atoms with van der Waals surface area (Å²) in [5, 5.41) is 6.10. The number of nitrogens with one attached hydrogen (secondary N) is 2. The normalized spacial score (nSPS) is 28.8. The van der Waals surface area contributed by atoms with Gasteiger partial charge in [-0.15, -0.1) is 0 Å². The zero-order valence-corrected chi connectivity index (χ0v) is 13.4. The fourth-order valence-electron chi connectivity index (χ4n) is 3.34. The summed E-state index contributed by atoms with van der Waals surface area (Å²) in [4.78, 5) is 11.9. The van der Waals surface area contributed by atoms with E-state index in [1.165, 1.54) is 19.3 Å². The van der Waals surface area contributed by atoms with Crippen LogP contribution in [0.2, 0.25) is 0 Å². The van der Waals surface area contributed by atoms with Gasteiger partial charge >= 0.3 is 6.03 Å². The molecular formula is C16H30N2O2. The van der Waals surface area contributed by atoms with Crippen LogP contribution in [0.15, 0.2) is 0 Å². The SMILES string of the molecule is C[C@@H](NC(=O)NC[C@H]1CCO[C@@H]1C(C)(C)C)C1CCC1. The molecule has 0 bridgehead atoms. The van der Waals surface area contributed by atoms with Crippen molar-refractivity contribution >= 4 is 6.03 Å². The molecule has 1 aliphatic heterocycles. The molecule has 0 spiro atoms. The van der Waals surface area contributed by atoms with Crippen LogP contribution in [0.4, 0.5) is 4.79 Å². The van der Waals surface area contributed by atoms with Crippen molar-refractivity contribution in [2.45, 2.75) is 65.5 Å². The van der Waals surface area contributed by atoms with Gasteiger partial charge in [-0.3, -0.25) is 0 Å². The van der Waals surface area contributed by atoms with Gasteiger partial charge in [-0.2, -0.15) is 0 Å². The molecule has 2 N–H and O–H groups in total. The zero-order chi connectivity index (χ0) is 14.8. The minimum Gasteiger partial charge on any atom is -0.377 e. The van der Waals surface area contributed by atoms with Crippen molar-refractivity contribution in [3.8, 4) is 0 Å². The second-order valence-electron chi connectivity index (χ2n) is 7.54. The minimum atomic E-state index is -0.0241. The number of carbonyl (C=O) groups excluding carboxylic acids is 1. The Bertz CT molecular complexity index is 334. The summed E-state index contributed by atoms with van der Waals surface area (Å²) in [6, 6.07) is 0.269. The van der Waals surface area contributed by atoms with E-state index in [4.69, 9.17) is 4.74 Å². The Balaban J connectivity index is 1.72. The Morgan fingerprint density at radius 2 is 2.00 bits per heavy atom. The molecule has 1 saturated heterocycles.